The minimum atomic E-state index is 0.185. The van der Waals surface area contributed by atoms with Gasteiger partial charge in [0.1, 0.15) is 0 Å². The van der Waals surface area contributed by atoms with Crippen molar-refractivity contribution in [2.24, 2.45) is 0 Å². The van der Waals surface area contributed by atoms with Gasteiger partial charge < -0.3 is 0 Å². The van der Waals surface area contributed by atoms with E-state index in [0.717, 1.165) is 0 Å². The highest BCUT2D eigenvalue weighted by Gasteiger charge is 2.03. The van der Waals surface area contributed by atoms with Crippen LogP contribution in [0.4, 0.5) is 0 Å². The number of hydrogen-bond donors (Lipinski definition) is 0. The molecule has 11 heavy (non-hydrogen) atoms. The lowest BCUT2D eigenvalue weighted by Crippen LogP contribution is -1.98. The first-order chi connectivity index (χ1) is 5.15. The zero-order valence-electron chi connectivity index (χ0n) is 6.26. The molecule has 0 atom stereocenters. The van der Waals surface area contributed by atoms with Crippen LogP contribution >= 0.6 is 11.6 Å². The first-order valence-corrected chi connectivity index (χ1v) is 3.49. The average Bonchev–Trinajstić information content (AvgIpc) is 1.99. The van der Waals surface area contributed by atoms with Crippen molar-refractivity contribution in [3.63, 3.8) is 0 Å². The number of carbonyl (C=O) groups excluding carboxylic acids is 1. The normalized spacial score (nSPS) is 9.73. The minimum absolute atomic E-state index is 0.185. The first kappa shape index (κ1) is 8.14. The van der Waals surface area contributed by atoms with Gasteiger partial charge in [-0.05, 0) is 13.8 Å². The van der Waals surface area contributed by atoms with E-state index in [4.69, 9.17) is 11.6 Å². The Bertz CT molecular complexity index is 275. The van der Waals surface area contributed by atoms with E-state index in [1.165, 1.54) is 0 Å². The molecule has 58 valence electrons. The van der Waals surface area contributed by atoms with Gasteiger partial charge in [-0.15, -0.1) is 0 Å². The van der Waals surface area contributed by atoms with Crippen molar-refractivity contribution < 1.29 is 4.79 Å². The molecule has 1 heterocycles. The van der Waals surface area contributed by atoms with Crippen LogP contribution in [0.3, 0.4) is 0 Å². The number of aromatic nitrogens is 2. The van der Waals surface area contributed by atoms with Crippen LogP contribution < -0.4 is 0 Å². The summed E-state index contributed by atoms with van der Waals surface area (Å²) in [4.78, 5) is 17.9. The summed E-state index contributed by atoms with van der Waals surface area (Å²) in [6, 6.07) is 0. The predicted octanol–water partition coefficient (Wildman–Crippen LogP) is 1.56. The van der Waals surface area contributed by atoms with Crippen LogP contribution in [0.1, 0.15) is 22.0 Å². The molecule has 0 aromatic carbocycles. The van der Waals surface area contributed by atoms with E-state index >= 15 is 0 Å². The third kappa shape index (κ3) is 1.54. The first-order valence-electron chi connectivity index (χ1n) is 3.11. The van der Waals surface area contributed by atoms with E-state index in [1.54, 1.807) is 13.8 Å². The smallest absolute Gasteiger partial charge is 0.193 e. The zero-order chi connectivity index (χ0) is 8.43. The molecule has 3 nitrogen and oxygen atoms in total. The van der Waals surface area contributed by atoms with Gasteiger partial charge in [-0.3, -0.25) is 4.79 Å². The van der Waals surface area contributed by atoms with Gasteiger partial charge in [0, 0.05) is 0 Å². The molecule has 0 aliphatic carbocycles. The maximum atomic E-state index is 10.3. The quantitative estimate of drug-likeness (QED) is 0.601. The van der Waals surface area contributed by atoms with Crippen molar-refractivity contribution in [3.8, 4) is 0 Å². The van der Waals surface area contributed by atoms with Gasteiger partial charge in [0.2, 0.25) is 0 Å². The molecule has 0 aliphatic heterocycles. The molecule has 0 amide bonds. The number of aldehydes is 1. The molecule has 0 spiro atoms. The van der Waals surface area contributed by atoms with E-state index in [0.29, 0.717) is 22.7 Å². The van der Waals surface area contributed by atoms with Gasteiger partial charge in [-0.25, -0.2) is 9.97 Å². The second-order valence-electron chi connectivity index (χ2n) is 2.18. The van der Waals surface area contributed by atoms with E-state index in [1.807, 2.05) is 0 Å². The van der Waals surface area contributed by atoms with Crippen molar-refractivity contribution in [2.75, 3.05) is 0 Å². The predicted molar refractivity (Wildman–Crippen MR) is 41.9 cm³/mol. The number of carbonyl (C=O) groups is 1. The standard InChI is InChI=1S/C7H7ClN2O/c1-4-7(8)5(2)10-6(3-11)9-4/h3H,1-2H3. The average molecular weight is 171 g/mol. The molecular formula is C7H7ClN2O. The molecule has 0 bridgehead atoms. The van der Waals surface area contributed by atoms with Gasteiger partial charge in [0.15, 0.2) is 12.1 Å². The van der Waals surface area contributed by atoms with Crippen molar-refractivity contribution in [3.05, 3.63) is 22.2 Å². The third-order valence-electron chi connectivity index (χ3n) is 1.31. The molecular weight excluding hydrogens is 164 g/mol. The SMILES string of the molecule is Cc1nc(C=O)nc(C)c1Cl. The van der Waals surface area contributed by atoms with Crippen molar-refractivity contribution in [2.45, 2.75) is 13.8 Å². The van der Waals surface area contributed by atoms with Crippen LogP contribution in [0.15, 0.2) is 0 Å². The lowest BCUT2D eigenvalue weighted by atomic mass is 10.3. The van der Waals surface area contributed by atoms with Gasteiger partial charge in [0.05, 0.1) is 16.4 Å². The minimum Gasteiger partial charge on any atom is -0.294 e. The molecule has 0 fully saturated rings. The summed E-state index contributed by atoms with van der Waals surface area (Å²) in [6.07, 6.45) is 0.607. The van der Waals surface area contributed by atoms with Crippen molar-refractivity contribution in [1.82, 2.24) is 9.97 Å². The van der Waals surface area contributed by atoms with Crippen LogP contribution in [0.25, 0.3) is 0 Å². The fourth-order valence-corrected chi connectivity index (χ4v) is 0.866. The second kappa shape index (κ2) is 2.96. The molecule has 0 aliphatic rings. The van der Waals surface area contributed by atoms with Gasteiger partial charge in [-0.2, -0.15) is 0 Å². The van der Waals surface area contributed by atoms with Crippen LogP contribution in [-0.2, 0) is 0 Å². The van der Waals surface area contributed by atoms with Crippen LogP contribution in [0.2, 0.25) is 5.02 Å². The highest BCUT2D eigenvalue weighted by Crippen LogP contribution is 2.15. The fourth-order valence-electron chi connectivity index (χ4n) is 0.781. The monoisotopic (exact) mass is 170 g/mol. The number of nitrogens with zero attached hydrogens (tertiary/aromatic N) is 2. The summed E-state index contributed by atoms with van der Waals surface area (Å²) in [5, 5.41) is 0.524. The lowest BCUT2D eigenvalue weighted by Gasteiger charge is -1.99. The molecule has 4 heteroatoms. The summed E-state index contributed by atoms with van der Waals surface area (Å²) in [5.74, 6) is 0.185. The van der Waals surface area contributed by atoms with Gasteiger partial charge >= 0.3 is 0 Å². The molecule has 1 rings (SSSR count). The summed E-state index contributed by atoms with van der Waals surface area (Å²) in [6.45, 7) is 3.48. The topological polar surface area (TPSA) is 42.9 Å². The molecule has 0 radical (unpaired) electrons. The Morgan fingerprint density at radius 2 is 1.73 bits per heavy atom. The third-order valence-corrected chi connectivity index (χ3v) is 1.85. The van der Waals surface area contributed by atoms with E-state index < -0.39 is 0 Å². The Morgan fingerprint density at radius 1 is 1.27 bits per heavy atom. The van der Waals surface area contributed by atoms with Crippen molar-refractivity contribution >= 4 is 17.9 Å². The van der Waals surface area contributed by atoms with Crippen LogP contribution in [0.5, 0.6) is 0 Å². The fraction of sp³-hybridized carbons (Fsp3) is 0.286. The van der Waals surface area contributed by atoms with Gasteiger partial charge in [-0.1, -0.05) is 11.6 Å². The lowest BCUT2D eigenvalue weighted by molar-refractivity contribution is 0.111. The number of aryl methyl sites for hydroxylation is 2. The summed E-state index contributed by atoms with van der Waals surface area (Å²) in [7, 11) is 0. The van der Waals surface area contributed by atoms with E-state index in [9.17, 15) is 4.79 Å². The highest BCUT2D eigenvalue weighted by molar-refractivity contribution is 6.31. The maximum Gasteiger partial charge on any atom is 0.193 e. The molecule has 0 saturated heterocycles. The Kier molecular flexibility index (Phi) is 2.19. The largest absolute Gasteiger partial charge is 0.294 e. The molecule has 1 aromatic rings. The molecule has 0 saturated carbocycles. The summed E-state index contributed by atoms with van der Waals surface area (Å²) in [5.41, 5.74) is 1.28. The number of rotatable bonds is 1. The Balaban J connectivity index is 3.31. The van der Waals surface area contributed by atoms with Crippen LogP contribution in [0, 0.1) is 13.8 Å². The highest BCUT2D eigenvalue weighted by atomic mass is 35.5. The molecule has 0 unspecified atom stereocenters. The van der Waals surface area contributed by atoms with Gasteiger partial charge in [0.25, 0.3) is 0 Å². The Morgan fingerprint density at radius 3 is 2.09 bits per heavy atom. The molecule has 0 N–H and O–H groups in total. The second-order valence-corrected chi connectivity index (χ2v) is 2.56. The summed E-state index contributed by atoms with van der Waals surface area (Å²) >= 11 is 5.77. The number of halogens is 1. The molecule has 1 aromatic heterocycles. The number of hydrogen-bond acceptors (Lipinski definition) is 3. The summed E-state index contributed by atoms with van der Waals surface area (Å²) < 4.78 is 0. The maximum absolute atomic E-state index is 10.3. The Hall–Kier alpha value is -0.960. The Labute approximate surface area is 69.4 Å². The zero-order valence-corrected chi connectivity index (χ0v) is 7.01. The van der Waals surface area contributed by atoms with E-state index in [-0.39, 0.29) is 5.82 Å². The van der Waals surface area contributed by atoms with E-state index in [2.05, 4.69) is 9.97 Å². The van der Waals surface area contributed by atoms with Crippen LogP contribution in [-0.4, -0.2) is 16.3 Å². The van der Waals surface area contributed by atoms with Crippen molar-refractivity contribution in [1.29, 1.82) is 0 Å².